The van der Waals surface area contributed by atoms with Gasteiger partial charge in [-0.25, -0.2) is 0 Å². The third-order valence-corrected chi connectivity index (χ3v) is 6.02. The smallest absolute Gasteiger partial charge is 0.0104 e. The minimum atomic E-state index is 0.747. The van der Waals surface area contributed by atoms with Gasteiger partial charge in [0.25, 0.3) is 0 Å². The Bertz CT molecular complexity index is 252. The summed E-state index contributed by atoms with van der Waals surface area (Å²) >= 11 is 0. The molecule has 4 fully saturated rings. The Balaban J connectivity index is 1.58. The topological polar surface area (TPSA) is 29.3 Å². The first-order chi connectivity index (χ1) is 8.73. The molecule has 0 radical (unpaired) electrons. The van der Waals surface area contributed by atoms with Crippen molar-refractivity contribution < 1.29 is 0 Å². The van der Waals surface area contributed by atoms with E-state index in [-0.39, 0.29) is 0 Å². The minimum Gasteiger partial charge on any atom is -0.329 e. The fourth-order valence-corrected chi connectivity index (χ4v) is 5.60. The molecular weight excluding hydrogens is 220 g/mol. The highest BCUT2D eigenvalue weighted by Gasteiger charge is 2.50. The summed E-state index contributed by atoms with van der Waals surface area (Å²) < 4.78 is 0. The second-order valence-electron chi connectivity index (χ2n) is 7.39. The highest BCUT2D eigenvalue weighted by molar-refractivity contribution is 5.01. The van der Waals surface area contributed by atoms with E-state index in [0.29, 0.717) is 0 Å². The highest BCUT2D eigenvalue weighted by Crippen LogP contribution is 2.61. The summed E-state index contributed by atoms with van der Waals surface area (Å²) in [5, 5.41) is 0. The Morgan fingerprint density at radius 1 is 1.00 bits per heavy atom. The van der Waals surface area contributed by atoms with E-state index in [0.717, 1.165) is 36.3 Å². The quantitative estimate of drug-likeness (QED) is 0.785. The molecule has 0 aromatic carbocycles. The molecule has 0 atom stereocenters. The van der Waals surface area contributed by atoms with E-state index in [2.05, 4.69) is 11.8 Å². The van der Waals surface area contributed by atoms with Crippen LogP contribution in [0.5, 0.6) is 0 Å². The molecule has 4 saturated carbocycles. The summed E-state index contributed by atoms with van der Waals surface area (Å²) in [7, 11) is 0. The number of nitrogens with zero attached hydrogens (tertiary/aromatic N) is 1. The monoisotopic (exact) mass is 250 g/mol. The Morgan fingerprint density at radius 2 is 1.56 bits per heavy atom. The molecule has 2 heteroatoms. The van der Waals surface area contributed by atoms with Crippen molar-refractivity contribution in [3.05, 3.63) is 0 Å². The van der Waals surface area contributed by atoms with Crippen molar-refractivity contribution in [2.75, 3.05) is 26.2 Å². The molecule has 0 aliphatic heterocycles. The molecule has 4 bridgehead atoms. The van der Waals surface area contributed by atoms with Gasteiger partial charge in [0.15, 0.2) is 0 Å². The maximum absolute atomic E-state index is 5.70. The van der Waals surface area contributed by atoms with E-state index in [4.69, 9.17) is 5.73 Å². The van der Waals surface area contributed by atoms with Gasteiger partial charge in [-0.1, -0.05) is 6.92 Å². The van der Waals surface area contributed by atoms with Crippen LogP contribution in [0, 0.1) is 23.2 Å². The predicted octanol–water partition coefficient (Wildman–Crippen LogP) is 2.87. The molecule has 0 aromatic rings. The Kier molecular flexibility index (Phi) is 3.68. The summed E-state index contributed by atoms with van der Waals surface area (Å²) in [6, 6.07) is 0. The van der Waals surface area contributed by atoms with E-state index in [1.54, 1.807) is 38.5 Å². The van der Waals surface area contributed by atoms with Gasteiger partial charge in [-0.3, -0.25) is 0 Å². The van der Waals surface area contributed by atoms with Crippen LogP contribution in [-0.4, -0.2) is 31.1 Å². The van der Waals surface area contributed by atoms with Crippen LogP contribution in [0.3, 0.4) is 0 Å². The SMILES string of the molecule is CCN(CCN)CCC12CC3CC(CC(C3)C1)C2. The molecule has 18 heavy (non-hydrogen) atoms. The maximum atomic E-state index is 5.70. The van der Waals surface area contributed by atoms with Crippen LogP contribution in [0.15, 0.2) is 0 Å². The lowest BCUT2D eigenvalue weighted by molar-refractivity contribution is -0.0607. The molecule has 0 unspecified atom stereocenters. The zero-order valence-electron chi connectivity index (χ0n) is 12.0. The van der Waals surface area contributed by atoms with Crippen molar-refractivity contribution in [2.45, 2.75) is 51.9 Å². The summed E-state index contributed by atoms with van der Waals surface area (Å²) in [6.07, 6.45) is 10.8. The standard InChI is InChI=1S/C16H30N2/c1-2-18(6-4-17)5-3-16-10-13-7-14(11-16)9-15(8-13)12-16/h13-15H,2-12,17H2,1H3. The van der Waals surface area contributed by atoms with E-state index >= 15 is 0 Å². The lowest BCUT2D eigenvalue weighted by Gasteiger charge is -2.57. The Labute approximate surface area is 112 Å². The van der Waals surface area contributed by atoms with Crippen molar-refractivity contribution >= 4 is 0 Å². The predicted molar refractivity (Wildman–Crippen MR) is 76.4 cm³/mol. The van der Waals surface area contributed by atoms with Gasteiger partial charge >= 0.3 is 0 Å². The average Bonchev–Trinajstić information content (AvgIpc) is 2.33. The summed E-state index contributed by atoms with van der Waals surface area (Å²) in [4.78, 5) is 2.55. The molecular formula is C16H30N2. The Morgan fingerprint density at radius 3 is 2.00 bits per heavy atom. The van der Waals surface area contributed by atoms with Gasteiger partial charge in [0.1, 0.15) is 0 Å². The molecule has 0 aromatic heterocycles. The van der Waals surface area contributed by atoms with Gasteiger partial charge in [0, 0.05) is 13.1 Å². The number of nitrogens with two attached hydrogens (primary N) is 1. The number of rotatable bonds is 6. The molecule has 2 nitrogen and oxygen atoms in total. The zero-order chi connectivity index (χ0) is 12.6. The highest BCUT2D eigenvalue weighted by atomic mass is 15.1. The lowest BCUT2D eigenvalue weighted by Crippen LogP contribution is -2.47. The van der Waals surface area contributed by atoms with E-state index in [1.165, 1.54) is 19.5 Å². The van der Waals surface area contributed by atoms with Gasteiger partial charge in [-0.15, -0.1) is 0 Å². The van der Waals surface area contributed by atoms with E-state index in [1.807, 2.05) is 0 Å². The van der Waals surface area contributed by atoms with Crippen molar-refractivity contribution in [1.29, 1.82) is 0 Å². The fraction of sp³-hybridized carbons (Fsp3) is 1.00. The second-order valence-corrected chi connectivity index (χ2v) is 7.39. The first-order valence-electron chi connectivity index (χ1n) is 8.15. The molecule has 0 spiro atoms. The Hall–Kier alpha value is -0.0800. The summed E-state index contributed by atoms with van der Waals surface area (Å²) in [5.41, 5.74) is 6.45. The van der Waals surface area contributed by atoms with Crippen LogP contribution in [0.25, 0.3) is 0 Å². The second kappa shape index (κ2) is 5.13. The normalized spacial score (nSPS) is 41.8. The maximum Gasteiger partial charge on any atom is 0.0104 e. The van der Waals surface area contributed by atoms with Crippen molar-refractivity contribution in [2.24, 2.45) is 28.9 Å². The van der Waals surface area contributed by atoms with Gasteiger partial charge in [-0.05, 0) is 81.2 Å². The van der Waals surface area contributed by atoms with Crippen molar-refractivity contribution in [1.82, 2.24) is 4.90 Å². The molecule has 0 saturated heterocycles. The number of likely N-dealkylation sites (N-methyl/N-ethyl adjacent to an activating group) is 1. The van der Waals surface area contributed by atoms with Crippen LogP contribution in [0.1, 0.15) is 51.9 Å². The third kappa shape index (κ3) is 2.46. The lowest BCUT2D eigenvalue weighted by atomic mass is 9.49. The van der Waals surface area contributed by atoms with E-state index < -0.39 is 0 Å². The third-order valence-electron chi connectivity index (χ3n) is 6.02. The zero-order valence-corrected chi connectivity index (χ0v) is 12.0. The van der Waals surface area contributed by atoms with E-state index in [9.17, 15) is 0 Å². The van der Waals surface area contributed by atoms with Crippen LogP contribution in [-0.2, 0) is 0 Å². The van der Waals surface area contributed by atoms with Gasteiger partial charge < -0.3 is 10.6 Å². The van der Waals surface area contributed by atoms with Crippen LogP contribution >= 0.6 is 0 Å². The van der Waals surface area contributed by atoms with Crippen LogP contribution in [0.4, 0.5) is 0 Å². The number of hydrogen-bond donors (Lipinski definition) is 1. The van der Waals surface area contributed by atoms with Crippen molar-refractivity contribution in [3.63, 3.8) is 0 Å². The molecule has 104 valence electrons. The van der Waals surface area contributed by atoms with Crippen LogP contribution < -0.4 is 5.73 Å². The molecule has 4 aliphatic carbocycles. The van der Waals surface area contributed by atoms with Crippen LogP contribution in [0.2, 0.25) is 0 Å². The molecule has 4 rings (SSSR count). The summed E-state index contributed by atoms with van der Waals surface area (Å²) in [5.74, 6) is 3.29. The largest absolute Gasteiger partial charge is 0.329 e. The van der Waals surface area contributed by atoms with Gasteiger partial charge in [0.05, 0.1) is 0 Å². The minimum absolute atomic E-state index is 0.747. The van der Waals surface area contributed by atoms with Crippen molar-refractivity contribution in [3.8, 4) is 0 Å². The average molecular weight is 250 g/mol. The molecule has 0 heterocycles. The first-order valence-corrected chi connectivity index (χ1v) is 8.15. The fourth-order valence-electron chi connectivity index (χ4n) is 5.60. The van der Waals surface area contributed by atoms with Gasteiger partial charge in [-0.2, -0.15) is 0 Å². The molecule has 0 amide bonds. The molecule has 2 N–H and O–H groups in total. The molecule has 4 aliphatic rings. The summed E-state index contributed by atoms with van der Waals surface area (Å²) in [6.45, 7) is 6.64. The first kappa shape index (κ1) is 12.9. The number of hydrogen-bond acceptors (Lipinski definition) is 2. The van der Waals surface area contributed by atoms with Gasteiger partial charge in [0.2, 0.25) is 0 Å².